The summed E-state index contributed by atoms with van der Waals surface area (Å²) < 4.78 is 20.7. The van der Waals surface area contributed by atoms with E-state index >= 15 is 0 Å². The zero-order chi connectivity index (χ0) is 12.0. The summed E-state index contributed by atoms with van der Waals surface area (Å²) in [6, 6.07) is 4.82. The van der Waals surface area contributed by atoms with Gasteiger partial charge in [-0.15, -0.1) is 0 Å². The van der Waals surface area contributed by atoms with Gasteiger partial charge in [0.1, 0.15) is 5.82 Å². The molecule has 3 aromatic heterocycles. The Balaban J connectivity index is 2.30. The van der Waals surface area contributed by atoms with E-state index in [9.17, 15) is 4.39 Å². The molecule has 0 radical (unpaired) electrons. The molecule has 0 bridgehead atoms. The normalized spacial score (nSPS) is 11.2. The van der Waals surface area contributed by atoms with Crippen LogP contribution in [0.3, 0.4) is 0 Å². The number of oxazole rings is 1. The first-order chi connectivity index (χ1) is 8.15. The highest BCUT2D eigenvalue weighted by Gasteiger charge is 2.13. The molecule has 0 aromatic carbocycles. The van der Waals surface area contributed by atoms with Crippen molar-refractivity contribution in [2.24, 2.45) is 0 Å². The van der Waals surface area contributed by atoms with E-state index in [1.165, 1.54) is 12.1 Å². The second-order valence-electron chi connectivity index (χ2n) is 4.01. The number of halogens is 1. The van der Waals surface area contributed by atoms with E-state index in [1.54, 1.807) is 13.1 Å². The van der Waals surface area contributed by atoms with Crippen LogP contribution < -0.4 is 0 Å². The maximum atomic E-state index is 13.3. The van der Waals surface area contributed by atoms with Gasteiger partial charge < -0.3 is 8.82 Å². The van der Waals surface area contributed by atoms with Crippen LogP contribution in [-0.4, -0.2) is 9.38 Å². The summed E-state index contributed by atoms with van der Waals surface area (Å²) in [7, 11) is 0. The van der Waals surface area contributed by atoms with Gasteiger partial charge in [0.2, 0.25) is 0 Å². The van der Waals surface area contributed by atoms with Gasteiger partial charge in [0.05, 0.1) is 11.2 Å². The van der Waals surface area contributed by atoms with Crippen molar-refractivity contribution in [2.45, 2.75) is 13.8 Å². The number of hydrogen-bond acceptors (Lipinski definition) is 2. The Morgan fingerprint density at radius 1 is 1.24 bits per heavy atom. The average Bonchev–Trinajstić information content (AvgIpc) is 2.81. The van der Waals surface area contributed by atoms with Crippen LogP contribution >= 0.6 is 0 Å². The first kappa shape index (κ1) is 10.1. The molecule has 0 atom stereocenters. The second-order valence-corrected chi connectivity index (χ2v) is 4.01. The third kappa shape index (κ3) is 1.53. The predicted molar refractivity (Wildman–Crippen MR) is 62.3 cm³/mol. The summed E-state index contributed by atoms with van der Waals surface area (Å²) >= 11 is 0. The van der Waals surface area contributed by atoms with Crippen molar-refractivity contribution in [3.8, 4) is 11.3 Å². The van der Waals surface area contributed by atoms with Gasteiger partial charge in [-0.3, -0.25) is 0 Å². The fourth-order valence-electron chi connectivity index (χ4n) is 2.05. The van der Waals surface area contributed by atoms with Crippen molar-refractivity contribution in [3.63, 3.8) is 0 Å². The van der Waals surface area contributed by atoms with Crippen LogP contribution in [0.2, 0.25) is 0 Å². The Bertz CT molecular complexity index is 697. The minimum absolute atomic E-state index is 0.258. The van der Waals surface area contributed by atoms with Crippen molar-refractivity contribution in [1.29, 1.82) is 0 Å². The van der Waals surface area contributed by atoms with Gasteiger partial charge in [-0.25, -0.2) is 9.37 Å². The summed E-state index contributed by atoms with van der Waals surface area (Å²) in [5.41, 5.74) is 2.46. The number of aryl methyl sites for hydroxylation is 2. The molecule has 3 nitrogen and oxygen atoms in total. The van der Waals surface area contributed by atoms with Gasteiger partial charge in [0.25, 0.3) is 0 Å². The zero-order valence-corrected chi connectivity index (χ0v) is 9.57. The highest BCUT2D eigenvalue weighted by Crippen LogP contribution is 2.29. The molecule has 17 heavy (non-hydrogen) atoms. The Hall–Kier alpha value is -2.10. The molecule has 0 aliphatic carbocycles. The number of rotatable bonds is 1. The lowest BCUT2D eigenvalue weighted by Gasteiger charge is -1.98. The standard InChI is InChI=1S/C13H11FN2O/c1-8-13(17-9(2)15-8)11-4-6-16-5-3-10(14)7-12(11)16/h3-7H,1-2H3. The Morgan fingerprint density at radius 3 is 2.71 bits per heavy atom. The molecule has 3 heterocycles. The SMILES string of the molecule is Cc1nc(C)c(-c2ccn3ccc(F)cc23)o1. The van der Waals surface area contributed by atoms with Gasteiger partial charge >= 0.3 is 0 Å². The van der Waals surface area contributed by atoms with Crippen LogP contribution in [0.15, 0.2) is 35.0 Å². The summed E-state index contributed by atoms with van der Waals surface area (Å²) in [5.74, 6) is 1.06. The summed E-state index contributed by atoms with van der Waals surface area (Å²) in [5, 5.41) is 0. The minimum atomic E-state index is -0.258. The van der Waals surface area contributed by atoms with Crippen LogP contribution in [0.4, 0.5) is 4.39 Å². The topological polar surface area (TPSA) is 30.4 Å². The Labute approximate surface area is 97.5 Å². The fourth-order valence-corrected chi connectivity index (χ4v) is 2.05. The van der Waals surface area contributed by atoms with Crippen LogP contribution in [0, 0.1) is 19.7 Å². The van der Waals surface area contributed by atoms with Gasteiger partial charge in [0.15, 0.2) is 11.7 Å². The van der Waals surface area contributed by atoms with Crippen molar-refractivity contribution in [1.82, 2.24) is 9.38 Å². The fraction of sp³-hybridized carbons (Fsp3) is 0.154. The van der Waals surface area contributed by atoms with Crippen molar-refractivity contribution >= 4 is 5.52 Å². The molecule has 3 rings (SSSR count). The third-order valence-electron chi connectivity index (χ3n) is 2.77. The van der Waals surface area contributed by atoms with Crippen LogP contribution in [0.1, 0.15) is 11.6 Å². The van der Waals surface area contributed by atoms with E-state index < -0.39 is 0 Å². The maximum Gasteiger partial charge on any atom is 0.192 e. The highest BCUT2D eigenvalue weighted by atomic mass is 19.1. The van der Waals surface area contributed by atoms with E-state index in [4.69, 9.17) is 4.42 Å². The van der Waals surface area contributed by atoms with Crippen molar-refractivity contribution in [2.75, 3.05) is 0 Å². The molecular weight excluding hydrogens is 219 g/mol. The van der Waals surface area contributed by atoms with Gasteiger partial charge in [0, 0.05) is 24.9 Å². The van der Waals surface area contributed by atoms with Gasteiger partial charge in [-0.1, -0.05) is 0 Å². The number of fused-ring (bicyclic) bond motifs is 1. The molecule has 0 N–H and O–H groups in total. The van der Waals surface area contributed by atoms with E-state index in [0.717, 1.165) is 16.8 Å². The molecule has 4 heteroatoms. The lowest BCUT2D eigenvalue weighted by molar-refractivity contribution is 0.534. The minimum Gasteiger partial charge on any atom is -0.441 e. The number of nitrogens with zero attached hydrogens (tertiary/aromatic N) is 2. The summed E-state index contributed by atoms with van der Waals surface area (Å²) in [6.45, 7) is 3.68. The number of pyridine rings is 1. The van der Waals surface area contributed by atoms with Crippen LogP contribution in [-0.2, 0) is 0 Å². The summed E-state index contributed by atoms with van der Waals surface area (Å²) in [6.07, 6.45) is 3.56. The molecule has 0 aliphatic heterocycles. The quantitative estimate of drug-likeness (QED) is 0.641. The van der Waals surface area contributed by atoms with Crippen LogP contribution in [0.25, 0.3) is 16.8 Å². The Morgan fingerprint density at radius 2 is 2.00 bits per heavy atom. The average molecular weight is 230 g/mol. The highest BCUT2D eigenvalue weighted by molar-refractivity contribution is 5.79. The zero-order valence-electron chi connectivity index (χ0n) is 9.57. The molecule has 0 spiro atoms. The molecule has 3 aromatic rings. The van der Waals surface area contributed by atoms with Gasteiger partial charge in [-0.2, -0.15) is 0 Å². The smallest absolute Gasteiger partial charge is 0.192 e. The van der Waals surface area contributed by atoms with Crippen molar-refractivity contribution < 1.29 is 8.81 Å². The first-order valence-corrected chi connectivity index (χ1v) is 5.36. The lowest BCUT2D eigenvalue weighted by Crippen LogP contribution is -1.84. The molecule has 0 aliphatic rings. The third-order valence-corrected chi connectivity index (χ3v) is 2.77. The Kier molecular flexibility index (Phi) is 2.04. The second kappa shape index (κ2) is 3.45. The van der Waals surface area contributed by atoms with E-state index in [-0.39, 0.29) is 5.82 Å². The number of hydrogen-bond donors (Lipinski definition) is 0. The number of aromatic nitrogens is 2. The molecule has 0 fully saturated rings. The van der Waals surface area contributed by atoms with E-state index in [0.29, 0.717) is 11.7 Å². The molecule has 0 unspecified atom stereocenters. The summed E-state index contributed by atoms with van der Waals surface area (Å²) in [4.78, 5) is 4.23. The lowest BCUT2D eigenvalue weighted by atomic mass is 10.2. The predicted octanol–water partition coefficient (Wildman–Crippen LogP) is 3.35. The molecule has 0 saturated heterocycles. The monoisotopic (exact) mass is 230 g/mol. The molecule has 0 saturated carbocycles. The maximum absolute atomic E-state index is 13.3. The molecular formula is C13H11FN2O. The van der Waals surface area contributed by atoms with E-state index in [1.807, 2.05) is 23.6 Å². The van der Waals surface area contributed by atoms with Crippen molar-refractivity contribution in [3.05, 3.63) is 48.0 Å². The van der Waals surface area contributed by atoms with Gasteiger partial charge in [-0.05, 0) is 25.1 Å². The molecule has 0 amide bonds. The largest absolute Gasteiger partial charge is 0.441 e. The van der Waals surface area contributed by atoms with Crippen LogP contribution in [0.5, 0.6) is 0 Å². The first-order valence-electron chi connectivity index (χ1n) is 5.36. The molecule has 86 valence electrons. The van der Waals surface area contributed by atoms with E-state index in [2.05, 4.69) is 4.98 Å².